The Balaban J connectivity index is 1.52. The predicted octanol–water partition coefficient (Wildman–Crippen LogP) is 2.43. The van der Waals surface area contributed by atoms with Crippen molar-refractivity contribution < 1.29 is 19.4 Å². The maximum Gasteiger partial charge on any atom is 0.328 e. The normalized spacial score (nSPS) is 16.9. The summed E-state index contributed by atoms with van der Waals surface area (Å²) >= 11 is 0. The third kappa shape index (κ3) is 6.69. The molecule has 2 atom stereocenters. The van der Waals surface area contributed by atoms with Crippen LogP contribution in [0.4, 0.5) is 22.1 Å². The quantitative estimate of drug-likeness (QED) is 0.261. The third-order valence-electron chi connectivity index (χ3n) is 7.27. The first-order chi connectivity index (χ1) is 18.8. The first kappa shape index (κ1) is 28.4. The Morgan fingerprint density at radius 3 is 2.85 bits per heavy atom. The van der Waals surface area contributed by atoms with Gasteiger partial charge >= 0.3 is 6.03 Å². The fourth-order valence-electron chi connectivity index (χ4n) is 5.29. The number of hydrogen-bond acceptors (Lipinski definition) is 10. The van der Waals surface area contributed by atoms with Gasteiger partial charge in [-0.05, 0) is 55.8 Å². The van der Waals surface area contributed by atoms with E-state index < -0.39 is 18.4 Å². The molecule has 1 unspecified atom stereocenters. The van der Waals surface area contributed by atoms with Crippen LogP contribution < -0.4 is 21.3 Å². The van der Waals surface area contributed by atoms with E-state index in [0.29, 0.717) is 37.3 Å². The van der Waals surface area contributed by atoms with Crippen molar-refractivity contribution in [2.75, 3.05) is 42.8 Å². The molecule has 3 heterocycles. The number of nitrogens with zero attached hydrogens (tertiary/aromatic N) is 5. The molecular formula is C27H36N8O4. The summed E-state index contributed by atoms with van der Waals surface area (Å²) in [6.07, 6.45) is 6.63. The highest BCUT2D eigenvalue weighted by atomic mass is 16.5. The molecule has 2 aromatic heterocycles. The fraction of sp³-hybridized carbons (Fsp3) is 0.519. The lowest BCUT2D eigenvalue weighted by molar-refractivity contribution is -0.0276. The second kappa shape index (κ2) is 12.9. The number of methoxy groups -OCH3 is 1. The lowest BCUT2D eigenvalue weighted by Gasteiger charge is -2.31. The summed E-state index contributed by atoms with van der Waals surface area (Å²) in [6.45, 7) is 1.03. The van der Waals surface area contributed by atoms with Gasteiger partial charge in [0.05, 0.1) is 24.0 Å². The van der Waals surface area contributed by atoms with Gasteiger partial charge in [0.1, 0.15) is 29.6 Å². The van der Waals surface area contributed by atoms with Crippen molar-refractivity contribution in [1.29, 1.82) is 5.26 Å². The van der Waals surface area contributed by atoms with E-state index in [-0.39, 0.29) is 29.6 Å². The molecule has 208 valence electrons. The second-order valence-electron chi connectivity index (χ2n) is 10.1. The summed E-state index contributed by atoms with van der Waals surface area (Å²) < 4.78 is 5.03. The molecule has 0 radical (unpaired) electrons. The van der Waals surface area contributed by atoms with Gasteiger partial charge in [-0.25, -0.2) is 14.8 Å². The number of rotatable bonds is 10. The number of carbonyl (C=O) groups excluding carboxylic acids is 2. The Bertz CT molecular complexity index is 1230. The maximum absolute atomic E-state index is 13.3. The van der Waals surface area contributed by atoms with Gasteiger partial charge in [0.25, 0.3) is 0 Å². The average molecular weight is 537 g/mol. The lowest BCUT2D eigenvalue weighted by Crippen LogP contribution is -2.40. The van der Waals surface area contributed by atoms with Gasteiger partial charge in [-0.15, -0.1) is 0 Å². The number of amides is 2. The molecule has 1 saturated carbocycles. The zero-order valence-electron chi connectivity index (χ0n) is 22.4. The molecule has 2 aromatic rings. The van der Waals surface area contributed by atoms with Gasteiger partial charge in [-0.3, -0.25) is 19.9 Å². The van der Waals surface area contributed by atoms with E-state index in [1.807, 2.05) is 24.1 Å². The minimum atomic E-state index is -0.575. The summed E-state index contributed by atoms with van der Waals surface area (Å²) in [5.41, 5.74) is 8.49. The molecule has 1 aliphatic heterocycles. The van der Waals surface area contributed by atoms with Crippen LogP contribution in [0, 0.1) is 17.2 Å². The minimum Gasteiger partial charge on any atom is -0.381 e. The van der Waals surface area contributed by atoms with Gasteiger partial charge in [0.2, 0.25) is 0 Å². The number of aldehydes is 1. The third-order valence-corrected chi connectivity index (χ3v) is 7.27. The number of aliphatic hydroxyl groups is 1. The number of aryl methyl sites for hydroxylation is 1. The van der Waals surface area contributed by atoms with Gasteiger partial charge in [0, 0.05) is 32.5 Å². The van der Waals surface area contributed by atoms with Crippen molar-refractivity contribution in [2.45, 2.75) is 57.5 Å². The van der Waals surface area contributed by atoms with Crippen LogP contribution in [0.25, 0.3) is 0 Å². The topological polar surface area (TPSA) is 170 Å². The maximum atomic E-state index is 13.3. The summed E-state index contributed by atoms with van der Waals surface area (Å²) in [5.74, 6) is 0.896. The molecule has 5 N–H and O–H groups in total. The number of fused-ring (bicyclic) bond motifs is 1. The van der Waals surface area contributed by atoms with Crippen molar-refractivity contribution >= 4 is 29.6 Å². The number of pyridine rings is 2. The van der Waals surface area contributed by atoms with Crippen LogP contribution >= 0.6 is 0 Å². The van der Waals surface area contributed by atoms with Crippen molar-refractivity contribution in [3.8, 4) is 6.07 Å². The highest BCUT2D eigenvalue weighted by molar-refractivity contribution is 6.01. The van der Waals surface area contributed by atoms with Crippen LogP contribution in [-0.2, 0) is 17.7 Å². The number of hydrogen-bond donors (Lipinski definition) is 4. The van der Waals surface area contributed by atoms with Crippen molar-refractivity contribution in [3.63, 3.8) is 0 Å². The van der Waals surface area contributed by atoms with Crippen molar-refractivity contribution in [3.05, 3.63) is 40.7 Å². The number of nitriles is 1. The first-order valence-electron chi connectivity index (χ1n) is 13.2. The van der Waals surface area contributed by atoms with Crippen LogP contribution in [0.2, 0.25) is 0 Å². The summed E-state index contributed by atoms with van der Waals surface area (Å²) in [6, 6.07) is 5.05. The number of ether oxygens (including phenoxy) is 1. The molecular weight excluding hydrogens is 500 g/mol. The van der Waals surface area contributed by atoms with Gasteiger partial charge in [0.15, 0.2) is 6.29 Å². The van der Waals surface area contributed by atoms with E-state index in [1.165, 1.54) is 24.3 Å². The standard InChI is InChI=1S/C27H36N8O4/c1-34(26(37)17-6-3-4-7-17)14-19-10-18-8-5-9-35(25(18)32-22(19)15-36)27(38)33-24-11-21(20(12-28)13-30-24)31-23(29)16-39-2/h10-11,13,15,17,23,26,37H,3-9,14,16,29H2,1-2H3,(H2,30,31,33,38)/t23-,26?/m1/s1. The van der Waals surface area contributed by atoms with Crippen molar-refractivity contribution in [1.82, 2.24) is 14.9 Å². The minimum absolute atomic E-state index is 0.224. The smallest absolute Gasteiger partial charge is 0.328 e. The SMILES string of the molecule is COC[C@H](N)Nc1cc(NC(=O)N2CCCc3cc(CN(C)C(O)C4CCCC4)c(C=O)nc32)ncc1C#N. The number of aliphatic hydroxyl groups excluding tert-OH is 1. The molecule has 1 fully saturated rings. The van der Waals surface area contributed by atoms with E-state index in [9.17, 15) is 20.0 Å². The van der Waals surface area contributed by atoms with Crippen LogP contribution in [0.15, 0.2) is 18.3 Å². The van der Waals surface area contributed by atoms with E-state index in [2.05, 4.69) is 20.6 Å². The Morgan fingerprint density at radius 2 is 2.15 bits per heavy atom. The summed E-state index contributed by atoms with van der Waals surface area (Å²) in [5, 5.41) is 25.9. The summed E-state index contributed by atoms with van der Waals surface area (Å²) in [7, 11) is 3.37. The van der Waals surface area contributed by atoms with Crippen LogP contribution in [0.1, 0.15) is 59.3 Å². The zero-order chi connectivity index (χ0) is 27.9. The highest BCUT2D eigenvalue weighted by Gasteiger charge is 2.29. The molecule has 1 aliphatic carbocycles. The Kier molecular flexibility index (Phi) is 9.42. The molecule has 2 amide bonds. The van der Waals surface area contributed by atoms with Gasteiger partial charge in [-0.1, -0.05) is 12.8 Å². The number of nitrogens with two attached hydrogens (primary N) is 1. The van der Waals surface area contributed by atoms with Crippen molar-refractivity contribution in [2.24, 2.45) is 11.7 Å². The Hall–Kier alpha value is -3.63. The summed E-state index contributed by atoms with van der Waals surface area (Å²) in [4.78, 5) is 37.4. The monoisotopic (exact) mass is 536 g/mol. The number of anilines is 3. The van der Waals surface area contributed by atoms with Gasteiger partial charge in [-0.2, -0.15) is 5.26 Å². The number of carbonyl (C=O) groups is 2. The molecule has 12 heteroatoms. The van der Waals surface area contributed by atoms with Crippen LogP contribution in [0.5, 0.6) is 0 Å². The predicted molar refractivity (Wildman–Crippen MR) is 146 cm³/mol. The van der Waals surface area contributed by atoms with Gasteiger partial charge < -0.3 is 20.9 Å². The molecule has 4 rings (SSSR count). The molecule has 0 spiro atoms. The van der Waals surface area contributed by atoms with E-state index in [1.54, 1.807) is 0 Å². The molecule has 2 aliphatic rings. The molecule has 0 saturated heterocycles. The largest absolute Gasteiger partial charge is 0.381 e. The lowest BCUT2D eigenvalue weighted by atomic mass is 10.0. The number of urea groups is 1. The molecule has 0 bridgehead atoms. The zero-order valence-corrected chi connectivity index (χ0v) is 22.4. The Labute approximate surface area is 228 Å². The Morgan fingerprint density at radius 1 is 1.38 bits per heavy atom. The first-order valence-corrected chi connectivity index (χ1v) is 13.2. The number of aromatic nitrogens is 2. The molecule has 12 nitrogen and oxygen atoms in total. The average Bonchev–Trinajstić information content (AvgIpc) is 3.47. The van der Waals surface area contributed by atoms with E-state index in [4.69, 9.17) is 10.5 Å². The van der Waals surface area contributed by atoms with E-state index in [0.717, 1.165) is 43.2 Å². The van der Waals surface area contributed by atoms with Crippen LogP contribution in [0.3, 0.4) is 0 Å². The van der Waals surface area contributed by atoms with E-state index >= 15 is 0 Å². The molecule has 39 heavy (non-hydrogen) atoms. The highest BCUT2D eigenvalue weighted by Crippen LogP contribution is 2.31. The van der Waals surface area contributed by atoms with Crippen LogP contribution in [-0.4, -0.2) is 72.0 Å². The fourth-order valence-corrected chi connectivity index (χ4v) is 5.29. The number of nitrogens with one attached hydrogen (secondary N) is 2. The molecule has 0 aromatic carbocycles. The second-order valence-corrected chi connectivity index (χ2v) is 10.1.